The molecule has 0 rings (SSSR count). The highest BCUT2D eigenvalue weighted by atomic mass is 32.2. The number of rotatable bonds is 10. The van der Waals surface area contributed by atoms with Gasteiger partial charge in [-0.2, -0.15) is 0 Å². The molecule has 0 aliphatic heterocycles. The largest absolute Gasteiger partial charge is 0.481 e. The van der Waals surface area contributed by atoms with E-state index in [4.69, 9.17) is 0 Å². The molecule has 0 spiro atoms. The molecule has 3 N–H and O–H groups in total. The number of hydrogen-bond acceptors (Lipinski definition) is 4. The van der Waals surface area contributed by atoms with Crippen LogP contribution in [0.2, 0.25) is 0 Å². The standard InChI is InChI=1S/C12H24N2O5S/c1-4-12(5-2,11(16)17)9-10(15)13-7-8-20(18,19)14-6-3/h14H,4-9H2,1-3H3,(H,13,15)(H,16,17). The molecule has 0 fully saturated rings. The summed E-state index contributed by atoms with van der Waals surface area (Å²) in [6, 6.07) is 0. The van der Waals surface area contributed by atoms with E-state index in [0.717, 1.165) is 0 Å². The number of nitrogens with one attached hydrogen (secondary N) is 2. The van der Waals surface area contributed by atoms with Gasteiger partial charge in [-0.25, -0.2) is 13.1 Å². The summed E-state index contributed by atoms with van der Waals surface area (Å²) in [4.78, 5) is 23.0. The first-order valence-electron chi connectivity index (χ1n) is 6.70. The maximum atomic E-state index is 11.7. The van der Waals surface area contributed by atoms with Crippen LogP contribution in [0, 0.1) is 5.41 Å². The van der Waals surface area contributed by atoms with Crippen LogP contribution in [0.4, 0.5) is 0 Å². The van der Waals surface area contributed by atoms with Crippen LogP contribution in [0.3, 0.4) is 0 Å². The first kappa shape index (κ1) is 18.9. The van der Waals surface area contributed by atoms with Crippen LogP contribution in [-0.2, 0) is 19.6 Å². The SMILES string of the molecule is CCNS(=O)(=O)CCNC(=O)CC(CC)(CC)C(=O)O. The molecule has 0 atom stereocenters. The van der Waals surface area contributed by atoms with Gasteiger partial charge in [-0.05, 0) is 12.8 Å². The van der Waals surface area contributed by atoms with E-state index in [-0.39, 0.29) is 18.7 Å². The number of carbonyl (C=O) groups excluding carboxylic acids is 1. The third kappa shape index (κ3) is 5.87. The Morgan fingerprint density at radius 3 is 2.10 bits per heavy atom. The Morgan fingerprint density at radius 2 is 1.70 bits per heavy atom. The predicted octanol–water partition coefficient (Wildman–Crippen LogP) is 0.323. The highest BCUT2D eigenvalue weighted by molar-refractivity contribution is 7.89. The van der Waals surface area contributed by atoms with Gasteiger partial charge in [0.05, 0.1) is 11.2 Å². The maximum absolute atomic E-state index is 11.7. The highest BCUT2D eigenvalue weighted by Gasteiger charge is 2.37. The maximum Gasteiger partial charge on any atom is 0.310 e. The molecule has 118 valence electrons. The zero-order chi connectivity index (χ0) is 15.8. The minimum atomic E-state index is -3.38. The normalized spacial score (nSPS) is 12.2. The Balaban J connectivity index is 4.40. The van der Waals surface area contributed by atoms with Crippen molar-refractivity contribution in [3.05, 3.63) is 0 Å². The molecule has 0 aromatic heterocycles. The average molecular weight is 308 g/mol. The number of carboxylic acid groups (broad SMARTS) is 1. The Hall–Kier alpha value is -1.15. The average Bonchev–Trinajstić information content (AvgIpc) is 2.35. The second kappa shape index (κ2) is 8.21. The molecule has 20 heavy (non-hydrogen) atoms. The lowest BCUT2D eigenvalue weighted by molar-refractivity contribution is -0.152. The summed E-state index contributed by atoms with van der Waals surface area (Å²) in [7, 11) is -3.38. The van der Waals surface area contributed by atoms with Gasteiger partial charge in [-0.3, -0.25) is 9.59 Å². The topological polar surface area (TPSA) is 113 Å². The molecule has 0 heterocycles. The molecular formula is C12H24N2O5S. The summed E-state index contributed by atoms with van der Waals surface area (Å²) in [5, 5.41) is 11.7. The van der Waals surface area contributed by atoms with Crippen molar-refractivity contribution in [1.82, 2.24) is 10.0 Å². The van der Waals surface area contributed by atoms with Gasteiger partial charge in [0.15, 0.2) is 0 Å². The minimum absolute atomic E-state index is 0.0305. The van der Waals surface area contributed by atoms with Crippen LogP contribution in [0.1, 0.15) is 40.0 Å². The minimum Gasteiger partial charge on any atom is -0.481 e. The Kier molecular flexibility index (Phi) is 7.74. The first-order chi connectivity index (χ1) is 9.23. The van der Waals surface area contributed by atoms with Gasteiger partial charge >= 0.3 is 5.97 Å². The number of carboxylic acids is 1. The van der Waals surface area contributed by atoms with Crippen molar-refractivity contribution in [1.29, 1.82) is 0 Å². The van der Waals surface area contributed by atoms with Gasteiger partial charge in [0, 0.05) is 19.5 Å². The molecule has 0 aliphatic rings. The second-order valence-electron chi connectivity index (χ2n) is 4.64. The first-order valence-corrected chi connectivity index (χ1v) is 8.35. The monoisotopic (exact) mass is 308 g/mol. The molecule has 8 heteroatoms. The highest BCUT2D eigenvalue weighted by Crippen LogP contribution is 2.30. The van der Waals surface area contributed by atoms with Crippen molar-refractivity contribution in [2.75, 3.05) is 18.8 Å². The van der Waals surface area contributed by atoms with Crippen molar-refractivity contribution in [3.8, 4) is 0 Å². The summed E-state index contributed by atoms with van der Waals surface area (Å²) in [5.41, 5.74) is -1.08. The van der Waals surface area contributed by atoms with Gasteiger partial charge in [0.25, 0.3) is 0 Å². The molecule has 0 radical (unpaired) electrons. The Bertz CT molecular complexity index is 429. The van der Waals surface area contributed by atoms with Crippen LogP contribution in [0.15, 0.2) is 0 Å². The lowest BCUT2D eigenvalue weighted by Crippen LogP contribution is -2.39. The van der Waals surface area contributed by atoms with Crippen LogP contribution >= 0.6 is 0 Å². The van der Waals surface area contributed by atoms with Crippen LogP contribution in [0.25, 0.3) is 0 Å². The summed E-state index contributed by atoms with van der Waals surface area (Å²) >= 11 is 0. The van der Waals surface area contributed by atoms with E-state index >= 15 is 0 Å². The quantitative estimate of drug-likeness (QED) is 0.538. The van der Waals surface area contributed by atoms with Crippen molar-refractivity contribution >= 4 is 21.9 Å². The third-order valence-corrected chi connectivity index (χ3v) is 4.83. The van der Waals surface area contributed by atoms with Crippen molar-refractivity contribution in [2.45, 2.75) is 40.0 Å². The number of hydrogen-bond donors (Lipinski definition) is 3. The van der Waals surface area contributed by atoms with E-state index in [1.54, 1.807) is 20.8 Å². The molecule has 0 unspecified atom stereocenters. The second-order valence-corrected chi connectivity index (χ2v) is 6.56. The lowest BCUT2D eigenvalue weighted by Gasteiger charge is -2.25. The molecule has 0 bridgehead atoms. The Morgan fingerprint density at radius 1 is 1.15 bits per heavy atom. The molecule has 1 amide bonds. The van der Waals surface area contributed by atoms with Crippen molar-refractivity contribution in [2.24, 2.45) is 5.41 Å². The molecule has 0 aromatic rings. The van der Waals surface area contributed by atoms with Crippen LogP contribution in [0.5, 0.6) is 0 Å². The number of amides is 1. The van der Waals surface area contributed by atoms with E-state index in [2.05, 4.69) is 10.0 Å². The molecular weight excluding hydrogens is 284 g/mol. The molecule has 7 nitrogen and oxygen atoms in total. The van der Waals surface area contributed by atoms with Crippen molar-refractivity contribution in [3.63, 3.8) is 0 Å². The van der Waals surface area contributed by atoms with E-state index in [9.17, 15) is 23.1 Å². The van der Waals surface area contributed by atoms with Gasteiger partial charge in [0.2, 0.25) is 15.9 Å². The zero-order valence-corrected chi connectivity index (χ0v) is 13.0. The molecule has 0 aromatic carbocycles. The van der Waals surface area contributed by atoms with Gasteiger partial charge in [-0.1, -0.05) is 20.8 Å². The fraction of sp³-hybridized carbons (Fsp3) is 0.833. The third-order valence-electron chi connectivity index (χ3n) is 3.36. The number of sulfonamides is 1. The smallest absolute Gasteiger partial charge is 0.310 e. The zero-order valence-electron chi connectivity index (χ0n) is 12.2. The Labute approximate surface area is 120 Å². The van der Waals surface area contributed by atoms with E-state index in [1.807, 2.05) is 0 Å². The van der Waals surface area contributed by atoms with Gasteiger partial charge in [0.1, 0.15) is 0 Å². The van der Waals surface area contributed by atoms with E-state index in [0.29, 0.717) is 19.4 Å². The summed E-state index contributed by atoms with van der Waals surface area (Å²) < 4.78 is 25.0. The van der Waals surface area contributed by atoms with E-state index in [1.165, 1.54) is 0 Å². The fourth-order valence-corrected chi connectivity index (χ4v) is 2.82. The summed E-state index contributed by atoms with van der Waals surface area (Å²) in [6.07, 6.45) is 0.556. The molecule has 0 saturated heterocycles. The number of aliphatic carboxylic acids is 1. The van der Waals surface area contributed by atoms with Crippen LogP contribution in [-0.4, -0.2) is 44.2 Å². The summed E-state index contributed by atoms with van der Waals surface area (Å²) in [5.74, 6) is -1.66. The fourth-order valence-electron chi connectivity index (χ4n) is 1.86. The predicted molar refractivity (Wildman–Crippen MR) is 75.7 cm³/mol. The molecule has 0 saturated carbocycles. The number of carbonyl (C=O) groups is 2. The van der Waals surface area contributed by atoms with Gasteiger partial charge < -0.3 is 10.4 Å². The van der Waals surface area contributed by atoms with Gasteiger partial charge in [-0.15, -0.1) is 0 Å². The van der Waals surface area contributed by atoms with Crippen molar-refractivity contribution < 1.29 is 23.1 Å². The molecule has 0 aliphatic carbocycles. The van der Waals surface area contributed by atoms with E-state index < -0.39 is 27.3 Å². The van der Waals surface area contributed by atoms with Crippen LogP contribution < -0.4 is 10.0 Å². The lowest BCUT2D eigenvalue weighted by atomic mass is 9.79. The summed E-state index contributed by atoms with van der Waals surface area (Å²) in [6.45, 7) is 5.38.